The second-order valence-corrected chi connectivity index (χ2v) is 6.90. The van der Waals surface area contributed by atoms with Crippen LogP contribution >= 0.6 is 0 Å². The third-order valence-electron chi connectivity index (χ3n) is 4.13. The van der Waals surface area contributed by atoms with E-state index in [2.05, 4.69) is 10.3 Å². The Morgan fingerprint density at radius 3 is 2.74 bits per heavy atom. The van der Waals surface area contributed by atoms with Crippen LogP contribution in [0, 0.1) is 5.82 Å². The Hall–Kier alpha value is -2.84. The number of anilines is 2. The molecule has 3 rings (SSSR count). The van der Waals surface area contributed by atoms with Crippen molar-refractivity contribution in [3.05, 3.63) is 65.1 Å². The number of nitrogens with two attached hydrogens (primary N) is 1. The predicted molar refractivity (Wildman–Crippen MR) is 102 cm³/mol. The van der Waals surface area contributed by atoms with Gasteiger partial charge in [-0.15, -0.1) is 0 Å². The molecule has 2 aromatic carbocycles. The number of benzene rings is 2. The van der Waals surface area contributed by atoms with Crippen molar-refractivity contribution in [2.45, 2.75) is 19.1 Å². The van der Waals surface area contributed by atoms with Gasteiger partial charge in [-0.3, -0.25) is 14.0 Å². The van der Waals surface area contributed by atoms with Crippen LogP contribution in [-0.2, 0) is 23.3 Å². The fraction of sp³-hybridized carbons (Fsp3) is 0.158. The first-order chi connectivity index (χ1) is 12.9. The molecule has 27 heavy (non-hydrogen) atoms. The van der Waals surface area contributed by atoms with Gasteiger partial charge in [-0.1, -0.05) is 30.1 Å². The Balaban J connectivity index is 2.27. The zero-order valence-electron chi connectivity index (χ0n) is 14.5. The van der Waals surface area contributed by atoms with E-state index in [1.165, 1.54) is 24.4 Å². The summed E-state index contributed by atoms with van der Waals surface area (Å²) in [7, 11) is 0. The molecule has 1 unspecified atom stereocenters. The highest BCUT2D eigenvalue weighted by Crippen LogP contribution is 2.32. The van der Waals surface area contributed by atoms with Crippen LogP contribution < -0.4 is 11.1 Å². The van der Waals surface area contributed by atoms with Crippen LogP contribution in [0.3, 0.4) is 0 Å². The molecule has 1 heterocycles. The van der Waals surface area contributed by atoms with Gasteiger partial charge in [0.15, 0.2) is 0 Å². The first kappa shape index (κ1) is 18.9. The molecular formula is C19H17FN3O3S-. The summed E-state index contributed by atoms with van der Waals surface area (Å²) < 4.78 is 35.8. The molecule has 0 radical (unpaired) electrons. The number of primary amides is 1. The van der Waals surface area contributed by atoms with Gasteiger partial charge in [0.2, 0.25) is 0 Å². The first-order valence-corrected chi connectivity index (χ1v) is 9.46. The highest BCUT2D eigenvalue weighted by molar-refractivity contribution is 7.78. The van der Waals surface area contributed by atoms with Gasteiger partial charge in [0.25, 0.3) is 5.91 Å². The molecule has 0 spiro atoms. The number of carbonyl (C=O) groups is 1. The van der Waals surface area contributed by atoms with E-state index in [0.717, 1.165) is 5.56 Å². The lowest BCUT2D eigenvalue weighted by Gasteiger charge is -2.16. The number of hydrogen-bond acceptors (Lipinski definition) is 5. The Morgan fingerprint density at radius 2 is 2.11 bits per heavy atom. The van der Waals surface area contributed by atoms with Gasteiger partial charge in [0, 0.05) is 23.0 Å². The standard InChI is InChI=1S/C19H18FN3O3S/c1-2-12-6-11(10-27(25)26)7-15-17(12)22-9-16(19(21)24)18(15)23-14-5-3-4-13(20)8-14/h3-9H,2,10H2,1H3,(H2,21,24)(H,22,23)(H,25,26)/p-1. The van der Waals surface area contributed by atoms with Crippen molar-refractivity contribution in [3.63, 3.8) is 0 Å². The molecule has 0 bridgehead atoms. The topological polar surface area (TPSA) is 108 Å². The molecule has 0 saturated heterocycles. The molecule has 3 aromatic rings. The molecular weight excluding hydrogens is 369 g/mol. The minimum atomic E-state index is -2.26. The van der Waals surface area contributed by atoms with Crippen molar-refractivity contribution in [3.8, 4) is 0 Å². The fourth-order valence-electron chi connectivity index (χ4n) is 2.96. The van der Waals surface area contributed by atoms with E-state index >= 15 is 0 Å². The molecule has 8 heteroatoms. The number of aryl methyl sites for hydroxylation is 1. The molecule has 0 saturated carbocycles. The second kappa shape index (κ2) is 7.81. The normalized spacial score (nSPS) is 12.1. The van der Waals surface area contributed by atoms with E-state index in [4.69, 9.17) is 5.73 Å². The molecule has 140 valence electrons. The third-order valence-corrected chi connectivity index (χ3v) is 4.70. The monoisotopic (exact) mass is 386 g/mol. The van der Waals surface area contributed by atoms with Crippen molar-refractivity contribution in [1.29, 1.82) is 0 Å². The minimum Gasteiger partial charge on any atom is -0.772 e. The van der Waals surface area contributed by atoms with E-state index in [1.54, 1.807) is 18.2 Å². The number of nitrogens with zero attached hydrogens (tertiary/aromatic N) is 1. The van der Waals surface area contributed by atoms with Crippen molar-refractivity contribution < 1.29 is 17.9 Å². The van der Waals surface area contributed by atoms with Gasteiger partial charge in [-0.25, -0.2) is 4.39 Å². The summed E-state index contributed by atoms with van der Waals surface area (Å²) in [5.41, 5.74) is 8.45. The van der Waals surface area contributed by atoms with Gasteiger partial charge in [0.1, 0.15) is 5.82 Å². The molecule has 0 fully saturated rings. The van der Waals surface area contributed by atoms with Gasteiger partial charge in [0.05, 0.1) is 16.8 Å². The molecule has 0 aliphatic rings. The third kappa shape index (κ3) is 4.12. The maximum absolute atomic E-state index is 13.6. The molecule has 6 nitrogen and oxygen atoms in total. The van der Waals surface area contributed by atoms with E-state index in [-0.39, 0.29) is 11.3 Å². The zero-order valence-corrected chi connectivity index (χ0v) is 15.3. The van der Waals surface area contributed by atoms with Gasteiger partial charge in [-0.2, -0.15) is 0 Å². The van der Waals surface area contributed by atoms with Gasteiger partial charge < -0.3 is 15.6 Å². The summed E-state index contributed by atoms with van der Waals surface area (Å²) in [6.45, 7) is 1.93. The van der Waals surface area contributed by atoms with Crippen LogP contribution in [-0.4, -0.2) is 19.7 Å². The van der Waals surface area contributed by atoms with Crippen molar-refractivity contribution >= 4 is 39.3 Å². The van der Waals surface area contributed by atoms with Crippen LogP contribution in [0.1, 0.15) is 28.4 Å². The number of pyridine rings is 1. The number of carbonyl (C=O) groups excluding carboxylic acids is 1. The highest BCUT2D eigenvalue weighted by Gasteiger charge is 2.16. The van der Waals surface area contributed by atoms with Crippen molar-refractivity contribution in [2.75, 3.05) is 5.32 Å². The fourth-order valence-corrected chi connectivity index (χ4v) is 3.40. The summed E-state index contributed by atoms with van der Waals surface area (Å²) >= 11 is -2.26. The number of hydrogen-bond donors (Lipinski definition) is 2. The number of nitrogens with one attached hydrogen (secondary N) is 1. The average molecular weight is 386 g/mol. The Kier molecular flexibility index (Phi) is 5.48. The van der Waals surface area contributed by atoms with Crippen molar-refractivity contribution in [2.24, 2.45) is 5.73 Å². The van der Waals surface area contributed by atoms with E-state index in [0.29, 0.717) is 34.3 Å². The van der Waals surface area contributed by atoms with Crippen LogP contribution in [0.15, 0.2) is 42.6 Å². The minimum absolute atomic E-state index is 0.134. The summed E-state index contributed by atoms with van der Waals surface area (Å²) in [6.07, 6.45) is 2.00. The largest absolute Gasteiger partial charge is 0.772 e. The Labute approximate surface area is 157 Å². The van der Waals surface area contributed by atoms with Crippen LogP contribution in [0.2, 0.25) is 0 Å². The molecule has 0 aliphatic heterocycles. The number of halogens is 1. The Morgan fingerprint density at radius 1 is 1.33 bits per heavy atom. The van der Waals surface area contributed by atoms with Crippen LogP contribution in [0.4, 0.5) is 15.8 Å². The smallest absolute Gasteiger partial charge is 0.252 e. The molecule has 1 aromatic heterocycles. The summed E-state index contributed by atoms with van der Waals surface area (Å²) in [5, 5.41) is 3.59. The summed E-state index contributed by atoms with van der Waals surface area (Å²) in [5.74, 6) is -1.29. The number of rotatable bonds is 6. The maximum atomic E-state index is 13.6. The van der Waals surface area contributed by atoms with Crippen molar-refractivity contribution in [1.82, 2.24) is 4.98 Å². The lowest BCUT2D eigenvalue weighted by molar-refractivity contribution is 0.100. The summed E-state index contributed by atoms with van der Waals surface area (Å²) in [4.78, 5) is 16.3. The lowest BCUT2D eigenvalue weighted by Crippen LogP contribution is -2.14. The predicted octanol–water partition coefficient (Wildman–Crippen LogP) is 3.16. The lowest BCUT2D eigenvalue weighted by atomic mass is 10.0. The quantitative estimate of drug-likeness (QED) is 0.633. The zero-order chi connectivity index (χ0) is 19.6. The molecule has 0 aliphatic carbocycles. The van der Waals surface area contributed by atoms with E-state index in [1.807, 2.05) is 6.92 Å². The number of amides is 1. The van der Waals surface area contributed by atoms with Crippen LogP contribution in [0.5, 0.6) is 0 Å². The van der Waals surface area contributed by atoms with E-state index in [9.17, 15) is 17.9 Å². The molecule has 3 N–H and O–H groups in total. The SMILES string of the molecule is CCc1cc(CS(=O)[O-])cc2c(Nc3cccc(F)c3)c(C(N)=O)cnc12. The first-order valence-electron chi connectivity index (χ1n) is 8.21. The Bertz CT molecular complexity index is 1060. The van der Waals surface area contributed by atoms with E-state index < -0.39 is 22.8 Å². The number of aromatic nitrogens is 1. The average Bonchev–Trinajstić information content (AvgIpc) is 2.60. The molecule has 1 amide bonds. The summed E-state index contributed by atoms with van der Waals surface area (Å²) in [6, 6.07) is 9.22. The maximum Gasteiger partial charge on any atom is 0.252 e. The second-order valence-electron chi connectivity index (χ2n) is 6.00. The van der Waals surface area contributed by atoms with Gasteiger partial charge in [-0.05, 0) is 41.8 Å². The molecule has 1 atom stereocenters. The van der Waals surface area contributed by atoms with Gasteiger partial charge >= 0.3 is 0 Å². The number of fused-ring (bicyclic) bond motifs is 1. The van der Waals surface area contributed by atoms with Crippen LogP contribution in [0.25, 0.3) is 10.9 Å². The highest BCUT2D eigenvalue weighted by atomic mass is 32.2.